The van der Waals surface area contributed by atoms with Gasteiger partial charge in [0.05, 0.1) is 10.6 Å². The van der Waals surface area contributed by atoms with Crippen LogP contribution in [0.4, 0.5) is 5.69 Å². The Hall–Kier alpha value is -2.34. The van der Waals surface area contributed by atoms with Crippen LogP contribution in [0.2, 0.25) is 0 Å². The quantitative estimate of drug-likeness (QED) is 0.721. The lowest BCUT2D eigenvalue weighted by Gasteiger charge is -2.26. The first-order chi connectivity index (χ1) is 13.4. The maximum Gasteiger partial charge on any atom is 0.264 e. The Kier molecular flexibility index (Phi) is 7.11. The zero-order chi connectivity index (χ0) is 21.9. The van der Waals surface area contributed by atoms with Crippen molar-refractivity contribution in [1.82, 2.24) is 5.32 Å². The van der Waals surface area contributed by atoms with E-state index in [1.807, 2.05) is 13.8 Å². The lowest BCUT2D eigenvalue weighted by Crippen LogP contribution is -2.42. The van der Waals surface area contributed by atoms with Crippen LogP contribution >= 0.6 is 0 Å². The van der Waals surface area contributed by atoms with Crippen LogP contribution in [0.3, 0.4) is 0 Å². The van der Waals surface area contributed by atoms with Gasteiger partial charge in [-0.05, 0) is 61.6 Å². The first-order valence-electron chi connectivity index (χ1n) is 9.92. The number of carbonyl (C=O) groups is 1. The number of carbonyl (C=O) groups excluding carboxylic acids is 1. The molecule has 0 atom stereocenters. The molecule has 5 nitrogen and oxygen atoms in total. The van der Waals surface area contributed by atoms with Gasteiger partial charge in [-0.25, -0.2) is 8.42 Å². The summed E-state index contributed by atoms with van der Waals surface area (Å²) >= 11 is 0. The molecule has 29 heavy (non-hydrogen) atoms. The predicted molar refractivity (Wildman–Crippen MR) is 119 cm³/mol. The number of hydrogen-bond acceptors (Lipinski definition) is 3. The third-order valence-electron chi connectivity index (χ3n) is 5.21. The lowest BCUT2D eigenvalue weighted by molar-refractivity contribution is 0.0910. The standard InChI is InChI=1S/C23H32N2O3S/c1-15(2)22(16(3)4)24-23(26)19-10-13-21(18(6)14-19)25(7)29(27,28)20-11-8-17(5)9-12-20/h8-16,22H,1-7H3,(H,24,26). The van der Waals surface area contributed by atoms with Gasteiger partial charge in [-0.3, -0.25) is 9.10 Å². The number of aryl methyl sites for hydroxylation is 2. The van der Waals surface area contributed by atoms with Crippen molar-refractivity contribution in [2.45, 2.75) is 52.5 Å². The number of benzene rings is 2. The highest BCUT2D eigenvalue weighted by molar-refractivity contribution is 7.92. The van der Waals surface area contributed by atoms with Gasteiger partial charge in [0.2, 0.25) is 0 Å². The summed E-state index contributed by atoms with van der Waals surface area (Å²) in [5.74, 6) is 0.506. The lowest BCUT2D eigenvalue weighted by atomic mass is 9.93. The van der Waals surface area contributed by atoms with E-state index in [1.54, 1.807) is 42.5 Å². The molecule has 0 spiro atoms. The predicted octanol–water partition coefficient (Wildman–Crippen LogP) is 4.54. The largest absolute Gasteiger partial charge is 0.349 e. The van der Waals surface area contributed by atoms with Gasteiger partial charge in [0.1, 0.15) is 0 Å². The molecule has 0 aliphatic rings. The molecule has 158 valence electrons. The zero-order valence-electron chi connectivity index (χ0n) is 18.4. The third kappa shape index (κ3) is 5.18. The molecule has 2 rings (SSSR count). The molecule has 0 fully saturated rings. The maximum atomic E-state index is 13.0. The fraction of sp³-hybridized carbons (Fsp3) is 0.435. The second-order valence-electron chi connectivity index (χ2n) is 8.27. The van der Waals surface area contributed by atoms with E-state index < -0.39 is 10.0 Å². The summed E-state index contributed by atoms with van der Waals surface area (Å²) in [4.78, 5) is 12.9. The Bertz CT molecular complexity index is 956. The molecular weight excluding hydrogens is 384 g/mol. The van der Waals surface area contributed by atoms with Gasteiger partial charge in [-0.1, -0.05) is 45.4 Å². The number of nitrogens with zero attached hydrogens (tertiary/aromatic N) is 1. The average molecular weight is 417 g/mol. The summed E-state index contributed by atoms with van der Waals surface area (Å²) in [6.07, 6.45) is 0. The number of hydrogen-bond donors (Lipinski definition) is 1. The molecule has 0 aliphatic carbocycles. The average Bonchev–Trinajstić information content (AvgIpc) is 2.65. The van der Waals surface area contributed by atoms with Gasteiger partial charge in [0.25, 0.3) is 15.9 Å². The van der Waals surface area contributed by atoms with Crippen molar-refractivity contribution in [2.75, 3.05) is 11.4 Å². The van der Waals surface area contributed by atoms with Gasteiger partial charge in [0.15, 0.2) is 0 Å². The Morgan fingerprint density at radius 1 is 0.931 bits per heavy atom. The number of rotatable bonds is 7. The van der Waals surface area contributed by atoms with Crippen LogP contribution in [0, 0.1) is 25.7 Å². The molecule has 0 saturated carbocycles. The Labute approximate surface area is 175 Å². The maximum absolute atomic E-state index is 13.0. The number of nitrogens with one attached hydrogen (secondary N) is 1. The number of sulfonamides is 1. The minimum Gasteiger partial charge on any atom is -0.349 e. The van der Waals surface area contributed by atoms with Crippen molar-refractivity contribution >= 4 is 21.6 Å². The summed E-state index contributed by atoms with van der Waals surface area (Å²) < 4.78 is 27.2. The summed E-state index contributed by atoms with van der Waals surface area (Å²) in [6, 6.07) is 12.0. The first-order valence-corrected chi connectivity index (χ1v) is 11.4. The first kappa shape index (κ1) is 22.9. The summed E-state index contributed by atoms with van der Waals surface area (Å²) in [6.45, 7) is 12.1. The van der Waals surface area contributed by atoms with Crippen molar-refractivity contribution in [1.29, 1.82) is 0 Å². The molecule has 0 saturated heterocycles. The Morgan fingerprint density at radius 3 is 1.97 bits per heavy atom. The van der Waals surface area contributed by atoms with Crippen molar-refractivity contribution in [2.24, 2.45) is 11.8 Å². The summed E-state index contributed by atoms with van der Waals surface area (Å²) in [7, 11) is -2.14. The fourth-order valence-electron chi connectivity index (χ4n) is 3.49. The van der Waals surface area contributed by atoms with Crippen molar-refractivity contribution in [3.63, 3.8) is 0 Å². The van der Waals surface area contributed by atoms with E-state index in [-0.39, 0.29) is 16.8 Å². The van der Waals surface area contributed by atoms with Crippen LogP contribution in [-0.4, -0.2) is 27.4 Å². The highest BCUT2D eigenvalue weighted by Gasteiger charge is 2.24. The van der Waals surface area contributed by atoms with Crippen molar-refractivity contribution in [3.8, 4) is 0 Å². The number of anilines is 1. The molecule has 0 heterocycles. The zero-order valence-corrected chi connectivity index (χ0v) is 19.2. The van der Waals surface area contributed by atoms with E-state index in [0.29, 0.717) is 23.1 Å². The molecule has 0 bridgehead atoms. The minimum atomic E-state index is -3.67. The SMILES string of the molecule is Cc1ccc(S(=O)(=O)N(C)c2ccc(C(=O)NC(C(C)C)C(C)C)cc2C)cc1. The molecule has 0 aliphatic heterocycles. The van der Waals surface area contributed by atoms with Crippen LogP contribution in [-0.2, 0) is 10.0 Å². The van der Waals surface area contributed by atoms with Crippen molar-refractivity contribution < 1.29 is 13.2 Å². The fourth-order valence-corrected chi connectivity index (χ4v) is 4.75. The van der Waals surface area contributed by atoms with E-state index in [2.05, 4.69) is 33.0 Å². The smallest absolute Gasteiger partial charge is 0.264 e. The molecular formula is C23H32N2O3S. The molecule has 0 radical (unpaired) electrons. The number of amides is 1. The Morgan fingerprint density at radius 2 is 1.48 bits per heavy atom. The third-order valence-corrected chi connectivity index (χ3v) is 7.00. The molecule has 0 aromatic heterocycles. The van der Waals surface area contributed by atoms with Gasteiger partial charge in [-0.2, -0.15) is 0 Å². The van der Waals surface area contributed by atoms with E-state index in [0.717, 1.165) is 11.1 Å². The minimum absolute atomic E-state index is 0.0760. The van der Waals surface area contributed by atoms with E-state index in [9.17, 15) is 13.2 Å². The summed E-state index contributed by atoms with van der Waals surface area (Å²) in [5.41, 5.74) is 2.80. The van der Waals surface area contributed by atoms with E-state index >= 15 is 0 Å². The topological polar surface area (TPSA) is 66.5 Å². The van der Waals surface area contributed by atoms with Gasteiger partial charge in [-0.15, -0.1) is 0 Å². The molecule has 2 aromatic carbocycles. The highest BCUT2D eigenvalue weighted by Crippen LogP contribution is 2.26. The molecule has 2 aromatic rings. The second kappa shape index (κ2) is 8.99. The van der Waals surface area contributed by atoms with E-state index in [1.165, 1.54) is 11.4 Å². The normalized spacial score (nSPS) is 11.9. The van der Waals surface area contributed by atoms with Crippen LogP contribution in [0.1, 0.15) is 49.2 Å². The molecule has 0 unspecified atom stereocenters. The second-order valence-corrected chi connectivity index (χ2v) is 10.2. The molecule has 1 N–H and O–H groups in total. The van der Waals surface area contributed by atoms with Gasteiger partial charge < -0.3 is 5.32 Å². The monoisotopic (exact) mass is 416 g/mol. The highest BCUT2D eigenvalue weighted by atomic mass is 32.2. The molecule has 6 heteroatoms. The Balaban J connectivity index is 2.28. The van der Waals surface area contributed by atoms with Crippen molar-refractivity contribution in [3.05, 3.63) is 59.2 Å². The van der Waals surface area contributed by atoms with Crippen LogP contribution in [0.25, 0.3) is 0 Å². The van der Waals surface area contributed by atoms with Gasteiger partial charge >= 0.3 is 0 Å². The van der Waals surface area contributed by atoms with Crippen LogP contribution in [0.5, 0.6) is 0 Å². The van der Waals surface area contributed by atoms with Crippen LogP contribution in [0.15, 0.2) is 47.4 Å². The van der Waals surface area contributed by atoms with E-state index in [4.69, 9.17) is 0 Å². The van der Waals surface area contributed by atoms with Gasteiger partial charge in [0, 0.05) is 18.7 Å². The summed E-state index contributed by atoms with van der Waals surface area (Å²) in [5, 5.41) is 3.10. The molecule has 1 amide bonds. The van der Waals surface area contributed by atoms with Crippen LogP contribution < -0.4 is 9.62 Å².